The van der Waals surface area contributed by atoms with Crippen molar-refractivity contribution >= 4 is 15.1 Å². The van der Waals surface area contributed by atoms with Crippen LogP contribution in [0, 0.1) is 55.4 Å². The highest BCUT2D eigenvalue weighted by atomic mass is 31.1. The maximum atomic E-state index is 2.54. The van der Waals surface area contributed by atoms with E-state index in [-0.39, 0.29) is 0 Å². The predicted octanol–water partition coefficient (Wildman–Crippen LogP) is 17.8. The van der Waals surface area contributed by atoms with Gasteiger partial charge in [-0.1, -0.05) is 143 Å². The van der Waals surface area contributed by atoms with Crippen molar-refractivity contribution in [2.24, 2.45) is 0 Å². The van der Waals surface area contributed by atoms with Crippen LogP contribution in [-0.4, -0.2) is 0 Å². The van der Waals surface area contributed by atoms with E-state index in [1.165, 1.54) is 110 Å². The van der Waals surface area contributed by atoms with Crippen molar-refractivity contribution in [2.75, 3.05) is 0 Å². The zero-order chi connectivity index (χ0) is 41.2. The van der Waals surface area contributed by atoms with E-state index in [0.29, 0.717) is 0 Å². The van der Waals surface area contributed by atoms with Crippen molar-refractivity contribution in [1.29, 1.82) is 0 Å². The Hall–Kier alpha value is -5.38. The molecule has 0 aliphatic carbocycles. The lowest BCUT2D eigenvalue weighted by Crippen LogP contribution is -1.93. The molecule has 0 fully saturated rings. The minimum absolute atomic E-state index is 0.680. The summed E-state index contributed by atoms with van der Waals surface area (Å²) in [5.74, 6) is 0. The Labute approximate surface area is 355 Å². The van der Waals surface area contributed by atoms with Crippen molar-refractivity contribution in [1.82, 2.24) is 0 Å². The molecule has 0 unspecified atom stereocenters. The number of aryl methyl sites for hydroxylation is 8. The van der Waals surface area contributed by atoms with Gasteiger partial charge in [0.2, 0.25) is 0 Å². The summed E-state index contributed by atoms with van der Waals surface area (Å²) in [4.78, 5) is 0. The molecule has 0 spiro atoms. The van der Waals surface area contributed by atoms with Crippen LogP contribution in [0.15, 0.2) is 158 Å². The van der Waals surface area contributed by atoms with Gasteiger partial charge in [0.1, 0.15) is 27.4 Å². The molecule has 0 atom stereocenters. The first-order valence-electron chi connectivity index (χ1n) is 21.1. The average molecular weight is 803 g/mol. The molecule has 2 heteroatoms. The average Bonchev–Trinajstić information content (AvgIpc) is 3.21. The molecule has 8 aromatic rings. The van der Waals surface area contributed by atoms with Crippen LogP contribution in [0.5, 0.6) is 0 Å². The van der Waals surface area contributed by atoms with E-state index in [2.05, 4.69) is 213 Å². The molecule has 0 saturated heterocycles. The first-order chi connectivity index (χ1) is 28.5. The highest BCUT2D eigenvalue weighted by Gasteiger charge is 2.31. The van der Waals surface area contributed by atoms with E-state index in [0.717, 1.165) is 18.7 Å². The third-order valence-electron chi connectivity index (χ3n) is 11.7. The molecule has 8 rings (SSSR count). The number of rotatable bonds is 10. The Kier molecular flexibility index (Phi) is 12.0. The maximum absolute atomic E-state index is 2.54. The van der Waals surface area contributed by atoms with Gasteiger partial charge in [0, 0.05) is 28.7 Å². The van der Waals surface area contributed by atoms with Gasteiger partial charge >= 0.3 is 0 Å². The molecule has 0 amide bonds. The number of benzene rings is 6. The third-order valence-corrected chi connectivity index (χ3v) is 17.0. The predicted molar refractivity (Wildman–Crippen MR) is 262 cm³/mol. The lowest BCUT2D eigenvalue weighted by molar-refractivity contribution is 0.984. The molecule has 6 aromatic carbocycles. The zero-order valence-corrected chi connectivity index (χ0v) is 37.8. The molecule has 0 saturated carbocycles. The van der Waals surface area contributed by atoms with Gasteiger partial charge in [-0.25, -0.2) is 0 Å². The van der Waals surface area contributed by atoms with Crippen LogP contribution in [-0.2, 0) is 12.3 Å². The molecule has 0 aliphatic rings. The topological polar surface area (TPSA) is 0 Å². The Bertz CT molecular complexity index is 2630. The van der Waals surface area contributed by atoms with E-state index >= 15 is 0 Å². The molecule has 2 heterocycles. The van der Waals surface area contributed by atoms with Crippen molar-refractivity contribution in [3.63, 3.8) is 0 Å². The van der Waals surface area contributed by atoms with Crippen molar-refractivity contribution < 1.29 is 0 Å². The van der Waals surface area contributed by atoms with Crippen LogP contribution in [0.3, 0.4) is 0 Å². The van der Waals surface area contributed by atoms with E-state index in [4.69, 9.17) is 0 Å². The largest absolute Gasteiger partial charge is 0.157 e. The molecular weight excluding hydrogens is 747 g/mol. The van der Waals surface area contributed by atoms with E-state index in [1.807, 2.05) is 0 Å². The molecule has 0 nitrogen and oxygen atoms in total. The van der Waals surface area contributed by atoms with Crippen LogP contribution in [0.25, 0.3) is 65.7 Å². The minimum atomic E-state index is -0.682. The minimum Gasteiger partial charge on any atom is -0.0622 e. The van der Waals surface area contributed by atoms with Gasteiger partial charge in [-0.05, 0) is 137 Å². The summed E-state index contributed by atoms with van der Waals surface area (Å²) in [5.41, 5.74) is 21.3. The smallest absolute Gasteiger partial charge is 0.0622 e. The van der Waals surface area contributed by atoms with Crippen LogP contribution in [0.2, 0.25) is 0 Å². The highest BCUT2D eigenvalue weighted by Crippen LogP contribution is 2.57. The van der Waals surface area contributed by atoms with Crippen molar-refractivity contribution in [3.05, 3.63) is 202 Å². The molecule has 0 N–H and O–H groups in total. The summed E-state index contributed by atoms with van der Waals surface area (Å²) in [6, 6.07) is 60.6. The molecular formula is C57H56P2+2. The summed E-state index contributed by atoms with van der Waals surface area (Å²) >= 11 is 0. The Morgan fingerprint density at radius 2 is 0.644 bits per heavy atom. The summed E-state index contributed by atoms with van der Waals surface area (Å²) in [6.07, 6.45) is 3.39. The fourth-order valence-corrected chi connectivity index (χ4v) is 14.9. The molecule has 0 radical (unpaired) electrons. The molecule has 59 heavy (non-hydrogen) atoms. The van der Waals surface area contributed by atoms with Gasteiger partial charge in [-0.15, -0.1) is 0 Å². The van der Waals surface area contributed by atoms with Gasteiger partial charge in [0.05, 0.1) is 0 Å². The SMILES string of the molecule is Cc1cc(C)cc(-c2cc(-c3ccccc3)cc(-c3cc(C)cc(C)c3)[p+]2CCC[p+]2c(-c3ccc(C)cc3C)cc(-c3ccccc3)cc2-c2ccc(C)cc2C)c1. The highest BCUT2D eigenvalue weighted by molar-refractivity contribution is 7.56. The first-order valence-corrected chi connectivity index (χ1v) is 24.2. The number of hydrogen-bond donors (Lipinski definition) is 0. The fourth-order valence-electron chi connectivity index (χ4n) is 9.08. The van der Waals surface area contributed by atoms with Gasteiger partial charge < -0.3 is 0 Å². The summed E-state index contributed by atoms with van der Waals surface area (Å²) in [7, 11) is -1.36. The monoisotopic (exact) mass is 802 g/mol. The standard InChI is InChI=1S/C57H56P2/c1-38-20-22-52(44(7)28-38)56-36-49(47-18-13-10-14-19-47)37-57(53-23-21-39(2)29-45(53)8)59(56)25-15-24-58-54(50-30-40(3)26-41(4)31-50)34-48(46-16-11-9-12-17-46)35-55(58)51-32-42(5)27-43(6)33-51/h9-14,16-23,26-37H,15,24-25H2,1-8H3/q+2. The number of hydrogen-bond acceptors (Lipinski definition) is 0. The van der Waals surface area contributed by atoms with Crippen LogP contribution in [0.1, 0.15) is 50.9 Å². The maximum Gasteiger partial charge on any atom is 0.157 e. The van der Waals surface area contributed by atoms with Crippen molar-refractivity contribution in [2.45, 2.75) is 74.1 Å². The normalized spacial score (nSPS) is 11.3. The Morgan fingerprint density at radius 1 is 0.288 bits per heavy atom. The van der Waals surface area contributed by atoms with Gasteiger partial charge in [-0.2, -0.15) is 0 Å². The summed E-state index contributed by atoms with van der Waals surface area (Å²) < 4.78 is 0. The van der Waals surface area contributed by atoms with Crippen LogP contribution < -0.4 is 0 Å². The molecule has 0 aliphatic heterocycles. The summed E-state index contributed by atoms with van der Waals surface area (Å²) in [5, 5.41) is 5.99. The second-order valence-corrected chi connectivity index (χ2v) is 21.3. The zero-order valence-electron chi connectivity index (χ0n) is 36.0. The first kappa shape index (κ1) is 40.4. The van der Waals surface area contributed by atoms with Crippen molar-refractivity contribution in [3.8, 4) is 65.7 Å². The molecule has 0 bridgehead atoms. The second-order valence-electron chi connectivity index (χ2n) is 16.8. The van der Waals surface area contributed by atoms with Gasteiger partial charge in [-0.3, -0.25) is 0 Å². The van der Waals surface area contributed by atoms with E-state index in [9.17, 15) is 0 Å². The molecule has 292 valence electrons. The lowest BCUT2D eigenvalue weighted by Gasteiger charge is -2.14. The molecule has 2 aromatic heterocycles. The fraction of sp³-hybridized carbons (Fsp3) is 0.193. The Balaban J connectivity index is 1.34. The van der Waals surface area contributed by atoms with E-state index in [1.54, 1.807) is 0 Å². The van der Waals surface area contributed by atoms with Gasteiger partial charge in [0.25, 0.3) is 0 Å². The van der Waals surface area contributed by atoms with Gasteiger partial charge in [0.15, 0.2) is 21.2 Å². The quantitative estimate of drug-likeness (QED) is 0.129. The lowest BCUT2D eigenvalue weighted by atomic mass is 9.99. The van der Waals surface area contributed by atoms with Crippen LogP contribution in [0.4, 0.5) is 0 Å². The van der Waals surface area contributed by atoms with E-state index < -0.39 is 15.1 Å². The van der Waals surface area contributed by atoms with Crippen LogP contribution >= 0.6 is 15.1 Å². The second kappa shape index (κ2) is 17.5. The summed E-state index contributed by atoms with van der Waals surface area (Å²) in [6.45, 7) is 18.0. The Morgan fingerprint density at radius 3 is 1.02 bits per heavy atom. The third kappa shape index (κ3) is 8.97.